The average molecular weight is 345 g/mol. The molecule has 0 aliphatic carbocycles. The molecule has 2 saturated heterocycles. The van der Waals surface area contributed by atoms with Gasteiger partial charge in [-0.2, -0.15) is 11.8 Å². The normalized spacial score (nSPS) is 24.1. The van der Waals surface area contributed by atoms with Gasteiger partial charge in [0.2, 0.25) is 0 Å². The van der Waals surface area contributed by atoms with Gasteiger partial charge in [-0.3, -0.25) is 4.79 Å². The first-order chi connectivity index (χ1) is 11.1. The average Bonchev–Trinajstić information content (AvgIpc) is 3.23. The van der Waals surface area contributed by atoms with Crippen LogP contribution in [-0.4, -0.2) is 47.6 Å². The number of amides is 1. The summed E-state index contributed by atoms with van der Waals surface area (Å²) in [6.07, 6.45) is 2.53. The van der Waals surface area contributed by atoms with Crippen molar-refractivity contribution in [1.82, 2.24) is 4.90 Å². The second kappa shape index (κ2) is 7.13. The summed E-state index contributed by atoms with van der Waals surface area (Å²) in [5.41, 5.74) is -0.418. The first kappa shape index (κ1) is 16.6. The molecule has 2 heterocycles. The minimum absolute atomic E-state index is 0.0239. The van der Waals surface area contributed by atoms with Crippen molar-refractivity contribution in [2.24, 2.45) is 0 Å². The molecular weight excluding hydrogens is 327 g/mol. The van der Waals surface area contributed by atoms with Crippen LogP contribution in [0.25, 0.3) is 0 Å². The van der Waals surface area contributed by atoms with Crippen molar-refractivity contribution in [1.29, 1.82) is 0 Å². The van der Waals surface area contributed by atoms with Gasteiger partial charge in [-0.25, -0.2) is 13.2 Å². The minimum Gasteiger partial charge on any atom is -0.376 e. The van der Waals surface area contributed by atoms with Gasteiger partial charge in [-0.1, -0.05) is 0 Å². The first-order valence-corrected chi connectivity index (χ1v) is 8.87. The molecule has 2 atom stereocenters. The number of ether oxygens (including phenoxy) is 1. The monoisotopic (exact) mass is 345 g/mol. The fraction of sp³-hybridized carbons (Fsp3) is 0.562. The Morgan fingerprint density at radius 1 is 1.26 bits per heavy atom. The molecule has 2 aliphatic heterocycles. The van der Waals surface area contributed by atoms with Crippen LogP contribution in [-0.2, 0) is 4.74 Å². The molecule has 0 N–H and O–H groups in total. The molecule has 0 radical (unpaired) electrons. The Kier molecular flexibility index (Phi) is 5.16. The van der Waals surface area contributed by atoms with Crippen LogP contribution in [0.3, 0.4) is 0 Å². The Hall–Kier alpha value is -1.21. The molecule has 1 aromatic carbocycles. The number of rotatable bonds is 4. The molecule has 0 spiro atoms. The quantitative estimate of drug-likeness (QED) is 0.785. The van der Waals surface area contributed by atoms with Crippen LogP contribution in [0.15, 0.2) is 12.1 Å². The molecule has 0 unspecified atom stereocenters. The zero-order valence-electron chi connectivity index (χ0n) is 12.6. The summed E-state index contributed by atoms with van der Waals surface area (Å²) in [4.78, 5) is 14.3. The molecule has 0 bridgehead atoms. The predicted octanol–water partition coefficient (Wildman–Crippen LogP) is 3.23. The fourth-order valence-electron chi connectivity index (χ4n) is 3.02. The van der Waals surface area contributed by atoms with Crippen LogP contribution >= 0.6 is 11.8 Å². The molecule has 3 nitrogen and oxygen atoms in total. The van der Waals surface area contributed by atoms with Gasteiger partial charge in [0.15, 0.2) is 17.5 Å². The molecule has 126 valence electrons. The number of carbonyl (C=O) groups is 1. The minimum atomic E-state index is -1.60. The first-order valence-electron chi connectivity index (χ1n) is 7.71. The second-order valence-electron chi connectivity index (χ2n) is 5.83. The van der Waals surface area contributed by atoms with E-state index in [4.69, 9.17) is 4.74 Å². The van der Waals surface area contributed by atoms with Crippen LogP contribution in [0.2, 0.25) is 0 Å². The highest BCUT2D eigenvalue weighted by atomic mass is 32.2. The molecule has 0 aromatic heterocycles. The van der Waals surface area contributed by atoms with Gasteiger partial charge in [0.1, 0.15) is 0 Å². The van der Waals surface area contributed by atoms with E-state index in [1.54, 1.807) is 16.7 Å². The molecule has 1 aromatic rings. The van der Waals surface area contributed by atoms with Crippen LogP contribution in [0.1, 0.15) is 29.6 Å². The number of thioether (sulfide) groups is 1. The predicted molar refractivity (Wildman–Crippen MR) is 82.1 cm³/mol. The van der Waals surface area contributed by atoms with E-state index in [-0.39, 0.29) is 12.1 Å². The van der Waals surface area contributed by atoms with Crippen molar-refractivity contribution in [2.75, 3.05) is 24.7 Å². The maximum atomic E-state index is 14.0. The lowest BCUT2D eigenvalue weighted by molar-refractivity contribution is 0.0437. The van der Waals surface area contributed by atoms with E-state index < -0.39 is 28.9 Å². The van der Waals surface area contributed by atoms with E-state index in [1.165, 1.54) is 0 Å². The van der Waals surface area contributed by atoms with Gasteiger partial charge in [0.25, 0.3) is 5.91 Å². The summed E-state index contributed by atoms with van der Waals surface area (Å²) in [6, 6.07) is 1.78. The lowest BCUT2D eigenvalue weighted by Gasteiger charge is -2.31. The Bertz CT molecular complexity index is 587. The number of nitrogens with zero attached hydrogens (tertiary/aromatic N) is 1. The zero-order chi connectivity index (χ0) is 16.4. The molecule has 7 heteroatoms. The molecule has 1 amide bonds. The lowest BCUT2D eigenvalue weighted by Crippen LogP contribution is -2.45. The molecule has 3 rings (SSSR count). The van der Waals surface area contributed by atoms with E-state index in [1.807, 2.05) is 0 Å². The van der Waals surface area contributed by atoms with Crippen molar-refractivity contribution < 1.29 is 22.7 Å². The summed E-state index contributed by atoms with van der Waals surface area (Å²) >= 11 is 1.73. The second-order valence-corrected chi connectivity index (χ2v) is 6.98. The van der Waals surface area contributed by atoms with Crippen LogP contribution in [0.4, 0.5) is 13.2 Å². The van der Waals surface area contributed by atoms with Gasteiger partial charge < -0.3 is 9.64 Å². The maximum Gasteiger partial charge on any atom is 0.257 e. The number of carbonyl (C=O) groups excluding carboxylic acids is 1. The molecule has 2 fully saturated rings. The Morgan fingerprint density at radius 2 is 2.09 bits per heavy atom. The highest BCUT2D eigenvalue weighted by Gasteiger charge is 2.33. The van der Waals surface area contributed by atoms with Gasteiger partial charge in [0.05, 0.1) is 11.7 Å². The Labute approximate surface area is 137 Å². The summed E-state index contributed by atoms with van der Waals surface area (Å²) < 4.78 is 46.1. The van der Waals surface area contributed by atoms with E-state index >= 15 is 0 Å². The Morgan fingerprint density at radius 3 is 2.74 bits per heavy atom. The maximum absolute atomic E-state index is 14.0. The van der Waals surface area contributed by atoms with E-state index in [2.05, 4.69) is 0 Å². The SMILES string of the molecule is O=C(c1ccc(F)c(F)c1F)N(C[C@H]1CCCO1)[C@@H]1CCSC1. The molecule has 0 saturated carbocycles. The van der Waals surface area contributed by atoms with Gasteiger partial charge >= 0.3 is 0 Å². The van der Waals surface area contributed by atoms with Crippen molar-refractivity contribution in [3.8, 4) is 0 Å². The number of halogens is 3. The zero-order valence-corrected chi connectivity index (χ0v) is 13.4. The van der Waals surface area contributed by atoms with Crippen LogP contribution in [0.5, 0.6) is 0 Å². The third-order valence-electron chi connectivity index (χ3n) is 4.30. The van der Waals surface area contributed by atoms with Gasteiger partial charge in [0, 0.05) is 24.9 Å². The van der Waals surface area contributed by atoms with E-state index in [0.29, 0.717) is 13.2 Å². The van der Waals surface area contributed by atoms with Crippen molar-refractivity contribution in [3.63, 3.8) is 0 Å². The lowest BCUT2D eigenvalue weighted by atomic mass is 10.1. The summed E-state index contributed by atoms with van der Waals surface area (Å²) in [5, 5.41) is 0. The van der Waals surface area contributed by atoms with Crippen molar-refractivity contribution >= 4 is 17.7 Å². The van der Waals surface area contributed by atoms with E-state index in [9.17, 15) is 18.0 Å². The molecule has 23 heavy (non-hydrogen) atoms. The van der Waals surface area contributed by atoms with Crippen molar-refractivity contribution in [3.05, 3.63) is 35.1 Å². The topological polar surface area (TPSA) is 29.5 Å². The highest BCUT2D eigenvalue weighted by molar-refractivity contribution is 7.99. The van der Waals surface area contributed by atoms with Gasteiger partial charge in [-0.05, 0) is 37.1 Å². The molecule has 2 aliphatic rings. The third-order valence-corrected chi connectivity index (χ3v) is 5.44. The van der Waals surface area contributed by atoms with Crippen molar-refractivity contribution in [2.45, 2.75) is 31.4 Å². The third kappa shape index (κ3) is 3.50. The number of hydrogen-bond acceptors (Lipinski definition) is 3. The standard InChI is InChI=1S/C16H18F3NO2S/c17-13-4-3-12(14(18)15(13)19)16(21)20(10-5-7-23-9-10)8-11-2-1-6-22-11/h3-4,10-11H,1-2,5-9H2/t10-,11-/m1/s1. The fourth-order valence-corrected chi connectivity index (χ4v) is 4.24. The van der Waals surface area contributed by atoms with Crippen LogP contribution in [0, 0.1) is 17.5 Å². The van der Waals surface area contributed by atoms with E-state index in [0.717, 1.165) is 42.9 Å². The highest BCUT2D eigenvalue weighted by Crippen LogP contribution is 2.27. The number of benzene rings is 1. The Balaban J connectivity index is 1.85. The smallest absolute Gasteiger partial charge is 0.257 e. The number of hydrogen-bond donors (Lipinski definition) is 0. The van der Waals surface area contributed by atoms with Gasteiger partial charge in [-0.15, -0.1) is 0 Å². The van der Waals surface area contributed by atoms with Crippen LogP contribution < -0.4 is 0 Å². The summed E-state index contributed by atoms with van der Waals surface area (Å²) in [7, 11) is 0. The molecular formula is C16H18F3NO2S. The largest absolute Gasteiger partial charge is 0.376 e. The summed E-state index contributed by atoms with van der Waals surface area (Å²) in [5.74, 6) is -3.21. The summed E-state index contributed by atoms with van der Waals surface area (Å²) in [6.45, 7) is 1.02.